The van der Waals surface area contributed by atoms with Crippen LogP contribution in [0.25, 0.3) is 17.0 Å². The summed E-state index contributed by atoms with van der Waals surface area (Å²) >= 11 is 0. The van der Waals surface area contributed by atoms with Crippen molar-refractivity contribution in [3.05, 3.63) is 82.4 Å². The summed E-state index contributed by atoms with van der Waals surface area (Å²) < 4.78 is 2.61. The normalized spacial score (nSPS) is 11.2. The van der Waals surface area contributed by atoms with Gasteiger partial charge in [0.2, 0.25) is 5.91 Å². The first kappa shape index (κ1) is 19.6. The zero-order valence-corrected chi connectivity index (χ0v) is 17.2. The van der Waals surface area contributed by atoms with E-state index in [1.807, 2.05) is 61.5 Å². The Morgan fingerprint density at radius 1 is 1.07 bits per heavy atom. The summed E-state index contributed by atoms with van der Waals surface area (Å²) in [5.74, 6) is 0.550. The third-order valence-electron chi connectivity index (χ3n) is 4.86. The van der Waals surface area contributed by atoms with Crippen molar-refractivity contribution < 1.29 is 4.79 Å². The van der Waals surface area contributed by atoms with Gasteiger partial charge < -0.3 is 5.32 Å². The van der Waals surface area contributed by atoms with Crippen LogP contribution in [0.4, 0.5) is 5.69 Å². The third kappa shape index (κ3) is 3.87. The van der Waals surface area contributed by atoms with Gasteiger partial charge in [-0.2, -0.15) is 0 Å². The summed E-state index contributed by atoms with van der Waals surface area (Å²) in [7, 11) is 0. The summed E-state index contributed by atoms with van der Waals surface area (Å²) in [4.78, 5) is 30.1. The van der Waals surface area contributed by atoms with Crippen molar-refractivity contribution in [3.63, 3.8) is 0 Å². The number of carbonyl (C=O) groups is 1. The van der Waals surface area contributed by atoms with Crippen LogP contribution in [-0.4, -0.2) is 25.1 Å². The molecule has 0 bridgehead atoms. The van der Waals surface area contributed by atoms with Crippen LogP contribution in [-0.2, 0) is 11.3 Å². The second kappa shape index (κ2) is 7.94. The van der Waals surface area contributed by atoms with Crippen LogP contribution < -0.4 is 11.0 Å². The van der Waals surface area contributed by atoms with Crippen molar-refractivity contribution >= 4 is 17.2 Å². The number of hydrogen-bond acceptors (Lipinski definition) is 4. The molecule has 7 nitrogen and oxygen atoms in total. The van der Waals surface area contributed by atoms with Crippen LogP contribution in [0, 0.1) is 6.92 Å². The zero-order chi connectivity index (χ0) is 21.3. The molecule has 0 aliphatic rings. The molecule has 1 N–H and O–H groups in total. The van der Waals surface area contributed by atoms with Crippen molar-refractivity contribution in [2.45, 2.75) is 33.2 Å². The number of aryl methyl sites for hydroxylation is 1. The van der Waals surface area contributed by atoms with Crippen molar-refractivity contribution in [1.82, 2.24) is 19.2 Å². The topological polar surface area (TPSA) is 81.3 Å². The average molecular weight is 401 g/mol. The van der Waals surface area contributed by atoms with Crippen molar-refractivity contribution in [2.75, 3.05) is 5.32 Å². The minimum Gasteiger partial charge on any atom is -0.324 e. The molecule has 2 aromatic carbocycles. The summed E-state index contributed by atoms with van der Waals surface area (Å²) in [6, 6.07) is 18.9. The molecule has 0 saturated heterocycles. The van der Waals surface area contributed by atoms with E-state index >= 15 is 0 Å². The van der Waals surface area contributed by atoms with E-state index in [9.17, 15) is 9.59 Å². The van der Waals surface area contributed by atoms with Gasteiger partial charge >= 0.3 is 5.69 Å². The van der Waals surface area contributed by atoms with Crippen LogP contribution >= 0.6 is 0 Å². The Morgan fingerprint density at radius 2 is 1.83 bits per heavy atom. The molecular weight excluding hydrogens is 378 g/mol. The molecule has 4 aromatic rings. The highest BCUT2D eigenvalue weighted by Gasteiger charge is 2.16. The summed E-state index contributed by atoms with van der Waals surface area (Å²) in [6.45, 7) is 5.86. The number of amides is 1. The molecule has 0 radical (unpaired) electrons. The van der Waals surface area contributed by atoms with E-state index in [2.05, 4.69) is 29.2 Å². The standard InChI is InChI=1S/C23H23N5O2/c1-15(2)18-10-7-11-19(13-18)25-21(29)14-27-23(30)28-20(26-27)12-16(3)24-22(28)17-8-5-4-6-9-17/h4-13,15H,14H2,1-3H3,(H,25,29). The quantitative estimate of drug-likeness (QED) is 0.554. The van der Waals surface area contributed by atoms with Crippen LogP contribution in [0.5, 0.6) is 0 Å². The molecule has 0 spiro atoms. The Kier molecular flexibility index (Phi) is 5.18. The number of fused-ring (bicyclic) bond motifs is 1. The number of benzene rings is 2. The number of nitrogens with one attached hydrogen (secondary N) is 1. The predicted molar refractivity (Wildman–Crippen MR) is 117 cm³/mol. The van der Waals surface area contributed by atoms with Gasteiger partial charge in [-0.05, 0) is 30.5 Å². The van der Waals surface area contributed by atoms with Gasteiger partial charge in [0.15, 0.2) is 5.65 Å². The molecule has 0 aliphatic carbocycles. The van der Waals surface area contributed by atoms with E-state index in [4.69, 9.17) is 0 Å². The van der Waals surface area contributed by atoms with Gasteiger partial charge in [-0.1, -0.05) is 56.3 Å². The molecule has 0 unspecified atom stereocenters. The molecule has 30 heavy (non-hydrogen) atoms. The van der Waals surface area contributed by atoms with Crippen molar-refractivity contribution in [1.29, 1.82) is 0 Å². The van der Waals surface area contributed by atoms with Gasteiger partial charge in [-0.25, -0.2) is 18.9 Å². The molecule has 0 fully saturated rings. The third-order valence-corrected chi connectivity index (χ3v) is 4.86. The maximum Gasteiger partial charge on any atom is 0.352 e. The number of carbonyl (C=O) groups excluding carboxylic acids is 1. The number of rotatable bonds is 5. The number of hydrogen-bond donors (Lipinski definition) is 1. The lowest BCUT2D eigenvalue weighted by Crippen LogP contribution is -2.28. The second-order valence-electron chi connectivity index (χ2n) is 7.55. The van der Waals surface area contributed by atoms with Gasteiger partial charge in [-0.3, -0.25) is 4.79 Å². The Bertz CT molecular complexity index is 1270. The fourth-order valence-electron chi connectivity index (χ4n) is 3.35. The van der Waals surface area contributed by atoms with Crippen molar-refractivity contribution in [3.8, 4) is 11.4 Å². The summed E-state index contributed by atoms with van der Waals surface area (Å²) in [5, 5.41) is 7.20. The lowest BCUT2D eigenvalue weighted by Gasteiger charge is -2.09. The van der Waals surface area contributed by atoms with Gasteiger partial charge in [0.05, 0.1) is 0 Å². The van der Waals surface area contributed by atoms with E-state index in [0.717, 1.165) is 16.8 Å². The summed E-state index contributed by atoms with van der Waals surface area (Å²) in [5.41, 5.74) is 3.44. The molecule has 0 aliphatic heterocycles. The van der Waals surface area contributed by atoms with Crippen LogP contribution in [0.2, 0.25) is 0 Å². The largest absolute Gasteiger partial charge is 0.352 e. The summed E-state index contributed by atoms with van der Waals surface area (Å²) in [6.07, 6.45) is 0. The molecule has 4 rings (SSSR count). The minimum absolute atomic E-state index is 0.181. The molecule has 0 saturated carbocycles. The molecule has 152 valence electrons. The lowest BCUT2D eigenvalue weighted by molar-refractivity contribution is -0.117. The molecule has 0 atom stereocenters. The lowest BCUT2D eigenvalue weighted by atomic mass is 10.0. The maximum atomic E-state index is 13.0. The Balaban J connectivity index is 1.66. The predicted octanol–water partition coefficient (Wildman–Crippen LogP) is 3.63. The molecule has 7 heteroatoms. The van der Waals surface area contributed by atoms with E-state index < -0.39 is 5.69 Å². The first-order valence-corrected chi connectivity index (χ1v) is 9.85. The van der Waals surface area contributed by atoms with Crippen LogP contribution in [0.15, 0.2) is 65.5 Å². The van der Waals surface area contributed by atoms with E-state index in [1.54, 1.807) is 6.07 Å². The second-order valence-corrected chi connectivity index (χ2v) is 7.55. The van der Waals surface area contributed by atoms with Crippen LogP contribution in [0.3, 0.4) is 0 Å². The Labute approximate surface area is 174 Å². The Morgan fingerprint density at radius 3 is 2.57 bits per heavy atom. The number of nitrogens with zero attached hydrogens (tertiary/aromatic N) is 4. The molecule has 1 amide bonds. The van der Waals surface area contributed by atoms with Gasteiger partial charge in [0.1, 0.15) is 12.4 Å². The number of aromatic nitrogens is 4. The molecular formula is C23H23N5O2. The van der Waals surface area contributed by atoms with Crippen LogP contribution in [0.1, 0.15) is 31.0 Å². The number of anilines is 1. The van der Waals surface area contributed by atoms with Crippen molar-refractivity contribution in [2.24, 2.45) is 0 Å². The fraction of sp³-hybridized carbons (Fsp3) is 0.217. The SMILES string of the molecule is Cc1cc2nn(CC(=O)Nc3cccc(C(C)C)c3)c(=O)n2c(-c2ccccc2)n1. The maximum absolute atomic E-state index is 13.0. The highest BCUT2D eigenvalue weighted by atomic mass is 16.2. The first-order valence-electron chi connectivity index (χ1n) is 9.85. The Hall–Kier alpha value is -3.74. The molecule has 2 aromatic heterocycles. The highest BCUT2D eigenvalue weighted by molar-refractivity contribution is 5.90. The van der Waals surface area contributed by atoms with E-state index in [-0.39, 0.29) is 12.5 Å². The van der Waals surface area contributed by atoms with Gasteiger partial charge in [-0.15, -0.1) is 5.10 Å². The van der Waals surface area contributed by atoms with Gasteiger partial charge in [0.25, 0.3) is 0 Å². The molecule has 2 heterocycles. The zero-order valence-electron chi connectivity index (χ0n) is 17.2. The van der Waals surface area contributed by atoms with Gasteiger partial charge in [0, 0.05) is 23.0 Å². The van der Waals surface area contributed by atoms with E-state index in [1.165, 1.54) is 9.08 Å². The van der Waals surface area contributed by atoms with E-state index in [0.29, 0.717) is 23.1 Å². The monoisotopic (exact) mass is 401 g/mol. The first-order chi connectivity index (χ1) is 14.4. The smallest absolute Gasteiger partial charge is 0.324 e. The minimum atomic E-state index is -0.401. The average Bonchev–Trinajstić information content (AvgIpc) is 3.03. The highest BCUT2D eigenvalue weighted by Crippen LogP contribution is 2.19. The fourth-order valence-corrected chi connectivity index (χ4v) is 3.35.